The maximum Gasteiger partial charge on any atom is 0.253 e. The van der Waals surface area contributed by atoms with Crippen LogP contribution in [0.5, 0.6) is 0 Å². The molecule has 0 unspecified atom stereocenters. The Bertz CT molecular complexity index is 373. The number of rotatable bonds is 5. The molecule has 0 saturated heterocycles. The highest BCUT2D eigenvalue weighted by atomic mass is 35.5. The third kappa shape index (κ3) is 4.27. The van der Waals surface area contributed by atoms with Crippen molar-refractivity contribution < 1.29 is 4.79 Å². The van der Waals surface area contributed by atoms with Gasteiger partial charge >= 0.3 is 0 Å². The van der Waals surface area contributed by atoms with Crippen LogP contribution in [0.4, 0.5) is 5.69 Å². The van der Waals surface area contributed by atoms with Crippen LogP contribution in [0.25, 0.3) is 0 Å². The van der Waals surface area contributed by atoms with E-state index in [1.807, 2.05) is 0 Å². The SMILES string of the molecule is CCCCCN(C)C(=O)c1cc(N)cc(Cl)c1. The first-order chi connectivity index (χ1) is 8.04. The van der Waals surface area contributed by atoms with E-state index in [4.69, 9.17) is 17.3 Å². The summed E-state index contributed by atoms with van der Waals surface area (Å²) in [5.41, 5.74) is 6.73. The molecule has 4 heteroatoms. The van der Waals surface area contributed by atoms with Crippen LogP contribution in [0.2, 0.25) is 5.02 Å². The predicted molar refractivity (Wildman–Crippen MR) is 72.3 cm³/mol. The monoisotopic (exact) mass is 254 g/mol. The number of amides is 1. The van der Waals surface area contributed by atoms with Crippen molar-refractivity contribution in [3.8, 4) is 0 Å². The summed E-state index contributed by atoms with van der Waals surface area (Å²) in [7, 11) is 1.80. The topological polar surface area (TPSA) is 46.3 Å². The maximum atomic E-state index is 12.1. The number of carbonyl (C=O) groups excluding carboxylic acids is 1. The highest BCUT2D eigenvalue weighted by Gasteiger charge is 2.12. The molecule has 0 aliphatic carbocycles. The first-order valence-electron chi connectivity index (χ1n) is 5.86. The number of nitrogen functional groups attached to an aromatic ring is 1. The number of nitrogens with zero attached hydrogens (tertiary/aromatic N) is 1. The van der Waals surface area contributed by atoms with Crippen LogP contribution in [0.3, 0.4) is 0 Å². The number of carbonyl (C=O) groups is 1. The molecule has 0 fully saturated rings. The van der Waals surface area contributed by atoms with Crippen molar-refractivity contribution in [1.82, 2.24) is 4.90 Å². The van der Waals surface area contributed by atoms with Crippen molar-refractivity contribution >= 4 is 23.2 Å². The summed E-state index contributed by atoms with van der Waals surface area (Å²) in [6.45, 7) is 2.90. The fourth-order valence-electron chi connectivity index (χ4n) is 1.66. The molecular weight excluding hydrogens is 236 g/mol. The largest absolute Gasteiger partial charge is 0.399 e. The summed E-state index contributed by atoms with van der Waals surface area (Å²) in [6.07, 6.45) is 3.30. The summed E-state index contributed by atoms with van der Waals surface area (Å²) in [5, 5.41) is 0.496. The van der Waals surface area contributed by atoms with Crippen LogP contribution in [-0.2, 0) is 0 Å². The second kappa shape index (κ2) is 6.50. The highest BCUT2D eigenvalue weighted by Crippen LogP contribution is 2.17. The summed E-state index contributed by atoms with van der Waals surface area (Å²) in [4.78, 5) is 13.8. The van der Waals surface area contributed by atoms with Gasteiger partial charge in [0.05, 0.1) is 0 Å². The fraction of sp³-hybridized carbons (Fsp3) is 0.462. The maximum absolute atomic E-state index is 12.1. The number of halogens is 1. The average molecular weight is 255 g/mol. The molecule has 0 aliphatic heterocycles. The zero-order valence-electron chi connectivity index (χ0n) is 10.4. The standard InChI is InChI=1S/C13H19ClN2O/c1-3-4-5-6-16(2)13(17)10-7-11(14)9-12(15)8-10/h7-9H,3-6,15H2,1-2H3. The van der Waals surface area contributed by atoms with Crippen LogP contribution in [0, 0.1) is 0 Å². The molecule has 0 heterocycles. The van der Waals surface area contributed by atoms with E-state index < -0.39 is 0 Å². The minimum absolute atomic E-state index is 0.0321. The van der Waals surface area contributed by atoms with Crippen molar-refractivity contribution in [3.05, 3.63) is 28.8 Å². The van der Waals surface area contributed by atoms with Gasteiger partial charge < -0.3 is 10.6 Å². The molecule has 2 N–H and O–H groups in total. The molecule has 0 spiro atoms. The van der Waals surface area contributed by atoms with Gasteiger partial charge in [-0.2, -0.15) is 0 Å². The third-order valence-corrected chi connectivity index (χ3v) is 2.83. The molecule has 0 aliphatic rings. The molecule has 1 rings (SSSR count). The van der Waals surface area contributed by atoms with E-state index in [1.165, 1.54) is 0 Å². The lowest BCUT2D eigenvalue weighted by Gasteiger charge is -2.17. The number of benzene rings is 1. The predicted octanol–water partition coefficient (Wildman–Crippen LogP) is 3.18. The van der Waals surface area contributed by atoms with Gasteiger partial charge in [0.2, 0.25) is 0 Å². The van der Waals surface area contributed by atoms with Gasteiger partial charge in [0.15, 0.2) is 0 Å². The Balaban J connectivity index is 2.68. The Labute approximate surface area is 108 Å². The molecule has 1 aromatic carbocycles. The van der Waals surface area contributed by atoms with Crippen molar-refractivity contribution in [2.24, 2.45) is 0 Å². The minimum Gasteiger partial charge on any atom is -0.399 e. The van der Waals surface area contributed by atoms with Crippen molar-refractivity contribution in [3.63, 3.8) is 0 Å². The number of unbranched alkanes of at least 4 members (excludes halogenated alkanes) is 2. The molecule has 1 aromatic rings. The van der Waals surface area contributed by atoms with Gasteiger partial charge in [-0.25, -0.2) is 0 Å². The van der Waals surface area contributed by atoms with Gasteiger partial charge in [-0.15, -0.1) is 0 Å². The molecule has 94 valence electrons. The first kappa shape index (κ1) is 13.8. The molecule has 0 radical (unpaired) electrons. The Morgan fingerprint density at radius 2 is 2.06 bits per heavy atom. The van der Waals surface area contributed by atoms with Gasteiger partial charge in [-0.1, -0.05) is 31.4 Å². The number of anilines is 1. The second-order valence-electron chi connectivity index (χ2n) is 4.21. The van der Waals surface area contributed by atoms with Crippen LogP contribution >= 0.6 is 11.6 Å². The lowest BCUT2D eigenvalue weighted by atomic mass is 10.1. The van der Waals surface area contributed by atoms with Gasteiger partial charge in [0.25, 0.3) is 5.91 Å². The zero-order valence-corrected chi connectivity index (χ0v) is 11.1. The fourth-order valence-corrected chi connectivity index (χ4v) is 1.90. The zero-order chi connectivity index (χ0) is 12.8. The lowest BCUT2D eigenvalue weighted by molar-refractivity contribution is 0.0792. The summed E-state index contributed by atoms with van der Waals surface area (Å²) < 4.78 is 0. The van der Waals surface area contributed by atoms with Crippen molar-refractivity contribution in [2.75, 3.05) is 19.3 Å². The van der Waals surface area contributed by atoms with Gasteiger partial charge in [0, 0.05) is 29.9 Å². The molecule has 0 bridgehead atoms. The summed E-state index contributed by atoms with van der Waals surface area (Å²) in [6, 6.07) is 4.94. The molecule has 1 amide bonds. The van der Waals surface area contributed by atoms with E-state index in [1.54, 1.807) is 30.1 Å². The van der Waals surface area contributed by atoms with E-state index in [-0.39, 0.29) is 5.91 Å². The Morgan fingerprint density at radius 3 is 2.65 bits per heavy atom. The van der Waals surface area contributed by atoms with Crippen LogP contribution in [-0.4, -0.2) is 24.4 Å². The third-order valence-electron chi connectivity index (χ3n) is 2.61. The first-order valence-corrected chi connectivity index (χ1v) is 6.24. The van der Waals surface area contributed by atoms with E-state index in [9.17, 15) is 4.79 Å². The van der Waals surface area contributed by atoms with Crippen LogP contribution in [0.1, 0.15) is 36.5 Å². The van der Waals surface area contributed by atoms with E-state index >= 15 is 0 Å². The average Bonchev–Trinajstić information content (AvgIpc) is 2.27. The second-order valence-corrected chi connectivity index (χ2v) is 4.64. The van der Waals surface area contributed by atoms with E-state index in [0.717, 1.165) is 25.8 Å². The number of nitrogens with two attached hydrogens (primary N) is 1. The summed E-state index contributed by atoms with van der Waals surface area (Å²) in [5.74, 6) is -0.0321. The molecular formula is C13H19ClN2O. The molecule has 0 atom stereocenters. The Hall–Kier alpha value is -1.22. The molecule has 17 heavy (non-hydrogen) atoms. The Kier molecular flexibility index (Phi) is 5.29. The van der Waals surface area contributed by atoms with Crippen LogP contribution in [0.15, 0.2) is 18.2 Å². The van der Waals surface area contributed by atoms with Gasteiger partial charge in [-0.3, -0.25) is 4.79 Å². The Morgan fingerprint density at radius 1 is 1.35 bits per heavy atom. The molecule has 3 nitrogen and oxygen atoms in total. The van der Waals surface area contributed by atoms with Gasteiger partial charge in [0.1, 0.15) is 0 Å². The van der Waals surface area contributed by atoms with E-state index in [0.29, 0.717) is 16.3 Å². The van der Waals surface area contributed by atoms with Crippen molar-refractivity contribution in [2.45, 2.75) is 26.2 Å². The molecule has 0 aromatic heterocycles. The lowest BCUT2D eigenvalue weighted by Crippen LogP contribution is -2.27. The van der Waals surface area contributed by atoms with Crippen molar-refractivity contribution in [1.29, 1.82) is 0 Å². The smallest absolute Gasteiger partial charge is 0.253 e. The van der Waals surface area contributed by atoms with E-state index in [2.05, 4.69) is 6.92 Å². The highest BCUT2D eigenvalue weighted by molar-refractivity contribution is 6.31. The quantitative estimate of drug-likeness (QED) is 0.648. The van der Waals surface area contributed by atoms with Gasteiger partial charge in [-0.05, 0) is 24.6 Å². The number of hydrogen-bond donors (Lipinski definition) is 1. The summed E-state index contributed by atoms with van der Waals surface area (Å²) >= 11 is 5.87. The minimum atomic E-state index is -0.0321. The number of hydrogen-bond acceptors (Lipinski definition) is 2. The van der Waals surface area contributed by atoms with Crippen LogP contribution < -0.4 is 5.73 Å². The molecule has 0 saturated carbocycles. The normalized spacial score (nSPS) is 10.3.